The van der Waals surface area contributed by atoms with Gasteiger partial charge in [-0.05, 0) is 30.2 Å². The molecule has 0 aliphatic carbocycles. The molecule has 11 heteroatoms. The van der Waals surface area contributed by atoms with Gasteiger partial charge >= 0.3 is 6.18 Å². The lowest BCUT2D eigenvalue weighted by atomic mass is 9.99. The molecule has 1 aliphatic rings. The van der Waals surface area contributed by atoms with Gasteiger partial charge in [0.05, 0.1) is 16.6 Å². The summed E-state index contributed by atoms with van der Waals surface area (Å²) in [6.07, 6.45) is -2.82. The molecule has 0 spiro atoms. The maximum atomic E-state index is 14.0. The third-order valence-corrected chi connectivity index (χ3v) is 6.68. The van der Waals surface area contributed by atoms with Crippen molar-refractivity contribution in [2.24, 2.45) is 5.92 Å². The van der Waals surface area contributed by atoms with Gasteiger partial charge in [-0.15, -0.1) is 0 Å². The summed E-state index contributed by atoms with van der Waals surface area (Å²) >= 11 is 6.15. The third-order valence-electron chi connectivity index (χ3n) is 5.29. The van der Waals surface area contributed by atoms with Gasteiger partial charge in [0.1, 0.15) is 16.5 Å². The quantitative estimate of drug-likeness (QED) is 0.598. The maximum absolute atomic E-state index is 14.0. The van der Waals surface area contributed by atoms with Crippen molar-refractivity contribution in [1.29, 1.82) is 0 Å². The molecular formula is C20H22ClF4N3O2S. The summed E-state index contributed by atoms with van der Waals surface area (Å²) in [7, 11) is -3.73. The van der Waals surface area contributed by atoms with E-state index in [9.17, 15) is 26.0 Å². The highest BCUT2D eigenvalue weighted by Gasteiger charge is 2.35. The molecule has 1 aromatic carbocycles. The fourth-order valence-electron chi connectivity index (χ4n) is 3.65. The minimum atomic E-state index is -4.54. The second kappa shape index (κ2) is 8.46. The predicted molar refractivity (Wildman–Crippen MR) is 112 cm³/mol. The van der Waals surface area contributed by atoms with Gasteiger partial charge < -0.3 is 9.80 Å². The van der Waals surface area contributed by atoms with Crippen molar-refractivity contribution in [3.05, 3.63) is 46.9 Å². The van der Waals surface area contributed by atoms with Crippen LogP contribution in [0.2, 0.25) is 5.02 Å². The number of benzene rings is 1. The van der Waals surface area contributed by atoms with E-state index in [1.165, 1.54) is 12.1 Å². The van der Waals surface area contributed by atoms with Crippen LogP contribution in [0.15, 0.2) is 35.4 Å². The molecule has 0 amide bonds. The highest BCUT2D eigenvalue weighted by Crippen LogP contribution is 2.36. The first kappa shape index (κ1) is 23.6. The zero-order valence-corrected chi connectivity index (χ0v) is 18.7. The van der Waals surface area contributed by atoms with Crippen molar-refractivity contribution in [1.82, 2.24) is 4.98 Å². The molecule has 0 unspecified atom stereocenters. The Morgan fingerprint density at radius 1 is 1.19 bits per heavy atom. The first-order chi connectivity index (χ1) is 14.3. The van der Waals surface area contributed by atoms with Crippen molar-refractivity contribution in [2.45, 2.75) is 31.0 Å². The standard InChI is InChI=1S/C20H22ClF4N3O2S/c1-12(2)17-11-27(14-4-5-16(22)18(9-14)31(3,29)30)6-7-28(17)19-15(21)8-13(10-26-19)20(23,24)25/h4-5,8-10,12,17H,6-7,11H2,1-3H3/t17-/m0/s1. The molecule has 1 atom stereocenters. The number of hydrogen-bond acceptors (Lipinski definition) is 5. The minimum Gasteiger partial charge on any atom is -0.368 e. The lowest BCUT2D eigenvalue weighted by molar-refractivity contribution is -0.137. The summed E-state index contributed by atoms with van der Waals surface area (Å²) in [5.74, 6) is -0.465. The van der Waals surface area contributed by atoms with E-state index >= 15 is 0 Å². The molecule has 0 bridgehead atoms. The number of hydrogen-bond donors (Lipinski definition) is 0. The molecule has 1 fully saturated rings. The smallest absolute Gasteiger partial charge is 0.368 e. The second-order valence-electron chi connectivity index (χ2n) is 7.86. The van der Waals surface area contributed by atoms with Crippen molar-refractivity contribution < 1.29 is 26.0 Å². The Kier molecular flexibility index (Phi) is 6.44. The summed E-state index contributed by atoms with van der Waals surface area (Å²) in [6, 6.07) is 4.65. The van der Waals surface area contributed by atoms with E-state index in [4.69, 9.17) is 11.6 Å². The van der Waals surface area contributed by atoms with Crippen LogP contribution < -0.4 is 9.80 Å². The van der Waals surface area contributed by atoms with Crippen LogP contribution in [0, 0.1) is 11.7 Å². The van der Waals surface area contributed by atoms with Crippen LogP contribution in [0.5, 0.6) is 0 Å². The molecule has 2 heterocycles. The van der Waals surface area contributed by atoms with E-state index < -0.39 is 27.4 Å². The normalized spacial score (nSPS) is 18.0. The van der Waals surface area contributed by atoms with Crippen LogP contribution >= 0.6 is 11.6 Å². The van der Waals surface area contributed by atoms with E-state index in [0.29, 0.717) is 25.3 Å². The molecule has 1 saturated heterocycles. The SMILES string of the molecule is CC(C)[C@@H]1CN(c2ccc(F)c(S(C)(=O)=O)c2)CCN1c1ncc(C(F)(F)F)cc1Cl. The molecule has 0 saturated carbocycles. The Bertz CT molecular complexity index is 1080. The van der Waals surface area contributed by atoms with E-state index in [1.54, 1.807) is 0 Å². The summed E-state index contributed by atoms with van der Waals surface area (Å²) in [5.41, 5.74) is -0.362. The number of nitrogens with zero attached hydrogens (tertiary/aromatic N) is 3. The molecule has 1 aliphatic heterocycles. The monoisotopic (exact) mass is 479 g/mol. The maximum Gasteiger partial charge on any atom is 0.417 e. The molecule has 1 aromatic heterocycles. The molecule has 2 aromatic rings. The minimum absolute atomic E-state index is 0.0813. The van der Waals surface area contributed by atoms with E-state index in [2.05, 4.69) is 4.98 Å². The van der Waals surface area contributed by atoms with Gasteiger partial charge in [0.15, 0.2) is 9.84 Å². The Labute approximate surface area is 183 Å². The van der Waals surface area contributed by atoms with Crippen molar-refractivity contribution in [2.75, 3.05) is 35.7 Å². The summed E-state index contributed by atoms with van der Waals surface area (Å²) < 4.78 is 76.5. The van der Waals surface area contributed by atoms with Crippen molar-refractivity contribution in [3.8, 4) is 0 Å². The van der Waals surface area contributed by atoms with Crippen molar-refractivity contribution in [3.63, 3.8) is 0 Å². The number of anilines is 2. The van der Waals surface area contributed by atoms with Gasteiger partial charge in [-0.3, -0.25) is 0 Å². The number of rotatable bonds is 4. The Balaban J connectivity index is 1.91. The molecular weight excluding hydrogens is 458 g/mol. The van der Waals surface area contributed by atoms with E-state index in [0.717, 1.165) is 24.6 Å². The Morgan fingerprint density at radius 2 is 1.87 bits per heavy atom. The van der Waals surface area contributed by atoms with Gasteiger partial charge in [-0.2, -0.15) is 13.2 Å². The third kappa shape index (κ3) is 5.06. The lowest BCUT2D eigenvalue weighted by Gasteiger charge is -2.45. The molecule has 0 radical (unpaired) electrons. The first-order valence-electron chi connectivity index (χ1n) is 9.53. The predicted octanol–water partition coefficient (Wildman–Crippen LogP) is 4.65. The van der Waals surface area contributed by atoms with Gasteiger partial charge in [-0.25, -0.2) is 17.8 Å². The number of pyridine rings is 1. The van der Waals surface area contributed by atoms with Crippen LogP contribution in [0.25, 0.3) is 0 Å². The number of sulfone groups is 1. The lowest BCUT2D eigenvalue weighted by Crippen LogP contribution is -2.56. The molecule has 0 N–H and O–H groups in total. The van der Waals surface area contributed by atoms with Gasteiger partial charge in [0, 0.05) is 37.8 Å². The average molecular weight is 480 g/mol. The summed E-state index contributed by atoms with van der Waals surface area (Å²) in [6.45, 7) is 5.19. The molecule has 5 nitrogen and oxygen atoms in total. The van der Waals surface area contributed by atoms with Crippen LogP contribution in [0.3, 0.4) is 0 Å². The Hall–Kier alpha value is -2.07. The molecule has 3 rings (SSSR count). The van der Waals surface area contributed by atoms with Crippen LogP contribution in [0.1, 0.15) is 19.4 Å². The van der Waals surface area contributed by atoms with Crippen LogP contribution in [-0.4, -0.2) is 45.3 Å². The number of halogens is 5. The fraction of sp³-hybridized carbons (Fsp3) is 0.450. The fourth-order valence-corrected chi connectivity index (χ4v) is 4.68. The van der Waals surface area contributed by atoms with Gasteiger partial charge in [0.25, 0.3) is 0 Å². The number of aromatic nitrogens is 1. The largest absolute Gasteiger partial charge is 0.417 e. The zero-order valence-electron chi connectivity index (χ0n) is 17.1. The van der Waals surface area contributed by atoms with Gasteiger partial charge in [0.2, 0.25) is 0 Å². The van der Waals surface area contributed by atoms with E-state index in [-0.39, 0.29) is 27.7 Å². The van der Waals surface area contributed by atoms with Crippen molar-refractivity contribution >= 4 is 32.9 Å². The van der Waals surface area contributed by atoms with Crippen LogP contribution in [0.4, 0.5) is 29.1 Å². The average Bonchev–Trinajstić information content (AvgIpc) is 2.66. The number of piperazine rings is 1. The summed E-state index contributed by atoms with van der Waals surface area (Å²) in [5, 5.41) is -0.0879. The van der Waals surface area contributed by atoms with E-state index in [1.807, 2.05) is 23.6 Å². The molecule has 31 heavy (non-hydrogen) atoms. The van der Waals surface area contributed by atoms with Crippen LogP contribution in [-0.2, 0) is 16.0 Å². The Morgan fingerprint density at radius 3 is 2.42 bits per heavy atom. The summed E-state index contributed by atoms with van der Waals surface area (Å²) in [4.78, 5) is 7.40. The molecule has 170 valence electrons. The topological polar surface area (TPSA) is 53.5 Å². The zero-order chi connectivity index (χ0) is 23.1. The number of alkyl halides is 3. The highest BCUT2D eigenvalue weighted by atomic mass is 35.5. The second-order valence-corrected chi connectivity index (χ2v) is 10.3. The highest BCUT2D eigenvalue weighted by molar-refractivity contribution is 7.90. The van der Waals surface area contributed by atoms with Gasteiger partial charge in [-0.1, -0.05) is 25.4 Å². The first-order valence-corrected chi connectivity index (χ1v) is 11.8.